The number of carbonyl (C=O) groups is 1. The van der Waals surface area contributed by atoms with Crippen molar-refractivity contribution in [3.63, 3.8) is 0 Å². The van der Waals surface area contributed by atoms with Gasteiger partial charge in [0, 0.05) is 6.07 Å². The molecule has 4 nitrogen and oxygen atoms in total. The molecule has 0 saturated carbocycles. The van der Waals surface area contributed by atoms with Crippen molar-refractivity contribution in [3.05, 3.63) is 71.8 Å². The number of alkyl halides is 3. The summed E-state index contributed by atoms with van der Waals surface area (Å²) < 4.78 is 47.0. The zero-order valence-electron chi connectivity index (χ0n) is 14.6. The summed E-state index contributed by atoms with van der Waals surface area (Å²) in [4.78, 5) is 12.7. The van der Waals surface area contributed by atoms with Crippen LogP contribution in [-0.2, 0) is 0 Å². The van der Waals surface area contributed by atoms with Crippen LogP contribution >= 0.6 is 0 Å². The van der Waals surface area contributed by atoms with Gasteiger partial charge in [0.15, 0.2) is 5.75 Å². The Balaban J connectivity index is 1.70. The Morgan fingerprint density at radius 1 is 0.929 bits per heavy atom. The molecule has 0 spiro atoms. The molecule has 4 rings (SSSR count). The van der Waals surface area contributed by atoms with Gasteiger partial charge in [-0.1, -0.05) is 35.9 Å². The number of fused-ring (bicyclic) bond motifs is 2. The first-order chi connectivity index (χ1) is 13.3. The summed E-state index contributed by atoms with van der Waals surface area (Å²) in [6.07, 6.45) is -4.82. The second-order valence-electron chi connectivity index (χ2n) is 6.34. The summed E-state index contributed by atoms with van der Waals surface area (Å²) in [5.74, 6) is -0.379. The Labute approximate surface area is 158 Å². The molecule has 1 aliphatic rings. The molecule has 0 bridgehead atoms. The molecule has 0 aromatic heterocycles. The fraction of sp³-hybridized carbons (Fsp3) is 0.0952. The van der Waals surface area contributed by atoms with Crippen LogP contribution in [0.4, 0.5) is 18.9 Å². The average Bonchev–Trinajstić information content (AvgIpc) is 2.75. The number of nitrogens with one attached hydrogen (secondary N) is 1. The first kappa shape index (κ1) is 17.9. The minimum atomic E-state index is -4.82. The van der Waals surface area contributed by atoms with Gasteiger partial charge < -0.3 is 14.8 Å². The van der Waals surface area contributed by atoms with Crippen molar-refractivity contribution in [2.45, 2.75) is 13.3 Å². The van der Waals surface area contributed by atoms with Gasteiger partial charge in [-0.25, -0.2) is 0 Å². The Morgan fingerprint density at radius 3 is 2.43 bits per heavy atom. The van der Waals surface area contributed by atoms with E-state index >= 15 is 0 Å². The lowest BCUT2D eigenvalue weighted by atomic mass is 10.0. The fourth-order valence-electron chi connectivity index (χ4n) is 3.00. The van der Waals surface area contributed by atoms with Crippen LogP contribution in [0.2, 0.25) is 0 Å². The molecule has 3 aromatic carbocycles. The summed E-state index contributed by atoms with van der Waals surface area (Å²) in [6, 6.07) is 16.5. The van der Waals surface area contributed by atoms with Crippen LogP contribution in [0.1, 0.15) is 15.9 Å². The maximum atomic E-state index is 12.7. The van der Waals surface area contributed by atoms with E-state index in [1.54, 1.807) is 12.1 Å². The largest absolute Gasteiger partial charge is 0.573 e. The Kier molecular flexibility index (Phi) is 4.22. The number of halogens is 3. The van der Waals surface area contributed by atoms with E-state index in [1.807, 2.05) is 37.3 Å². The van der Waals surface area contributed by atoms with Crippen molar-refractivity contribution >= 4 is 11.6 Å². The van der Waals surface area contributed by atoms with E-state index in [4.69, 9.17) is 4.74 Å². The molecule has 1 N–H and O–H groups in total. The van der Waals surface area contributed by atoms with Gasteiger partial charge in [0.25, 0.3) is 5.91 Å². The van der Waals surface area contributed by atoms with Gasteiger partial charge in [-0.2, -0.15) is 0 Å². The number of aryl methyl sites for hydroxylation is 1. The lowest BCUT2D eigenvalue weighted by molar-refractivity contribution is -0.274. The predicted molar refractivity (Wildman–Crippen MR) is 97.8 cm³/mol. The fourth-order valence-corrected chi connectivity index (χ4v) is 3.00. The van der Waals surface area contributed by atoms with Crippen molar-refractivity contribution < 1.29 is 27.4 Å². The van der Waals surface area contributed by atoms with Crippen molar-refractivity contribution in [2.24, 2.45) is 0 Å². The molecule has 0 fully saturated rings. The summed E-state index contributed by atoms with van der Waals surface area (Å²) in [7, 11) is 0. The van der Waals surface area contributed by atoms with Crippen LogP contribution in [0.3, 0.4) is 0 Å². The summed E-state index contributed by atoms with van der Waals surface area (Å²) in [6.45, 7) is 1.97. The minimum absolute atomic E-state index is 0.0973. The number of amides is 1. The maximum Gasteiger partial charge on any atom is 0.573 e. The quantitative estimate of drug-likeness (QED) is 0.596. The summed E-state index contributed by atoms with van der Waals surface area (Å²) in [5.41, 5.74) is 3.23. The molecule has 0 aliphatic carbocycles. The van der Waals surface area contributed by atoms with Gasteiger partial charge in [0.05, 0.1) is 11.3 Å². The maximum absolute atomic E-state index is 12.7. The smallest absolute Gasteiger partial charge is 0.454 e. The standard InChI is InChI=1S/C21H14F3NO3/c1-12-3-2-4-13(9-12)14-5-7-18-16(10-14)20(26)25-17-11-15(28-21(22,23)24)6-8-19(17)27-18/h2-11H,1H3,(H,25,26). The van der Waals surface area contributed by atoms with Crippen LogP contribution in [0.5, 0.6) is 17.2 Å². The van der Waals surface area contributed by atoms with Crippen LogP contribution in [0.15, 0.2) is 60.7 Å². The molecule has 0 atom stereocenters. The van der Waals surface area contributed by atoms with Gasteiger partial charge in [-0.3, -0.25) is 4.79 Å². The molecule has 142 valence electrons. The van der Waals surface area contributed by atoms with E-state index in [1.165, 1.54) is 6.07 Å². The third-order valence-electron chi connectivity index (χ3n) is 4.23. The van der Waals surface area contributed by atoms with Gasteiger partial charge >= 0.3 is 6.36 Å². The number of anilines is 1. The van der Waals surface area contributed by atoms with E-state index in [0.29, 0.717) is 5.75 Å². The van der Waals surface area contributed by atoms with Crippen LogP contribution < -0.4 is 14.8 Å². The SMILES string of the molecule is Cc1cccc(-c2ccc3c(c2)C(=O)Nc2cc(OC(F)(F)F)ccc2O3)c1. The number of rotatable bonds is 2. The van der Waals surface area contributed by atoms with Crippen LogP contribution in [-0.4, -0.2) is 12.3 Å². The average molecular weight is 385 g/mol. The van der Waals surface area contributed by atoms with E-state index in [-0.39, 0.29) is 17.0 Å². The zero-order valence-corrected chi connectivity index (χ0v) is 14.6. The zero-order chi connectivity index (χ0) is 19.9. The Morgan fingerprint density at radius 2 is 1.68 bits per heavy atom. The van der Waals surface area contributed by atoms with Gasteiger partial charge in [-0.05, 0) is 42.3 Å². The normalized spacial score (nSPS) is 12.9. The number of carbonyl (C=O) groups excluding carboxylic acids is 1. The lowest BCUT2D eigenvalue weighted by Crippen LogP contribution is -2.17. The first-order valence-corrected chi connectivity index (χ1v) is 8.39. The minimum Gasteiger partial charge on any atom is -0.454 e. The Hall–Kier alpha value is -3.48. The van der Waals surface area contributed by atoms with Crippen molar-refractivity contribution in [2.75, 3.05) is 5.32 Å². The highest BCUT2D eigenvalue weighted by molar-refractivity contribution is 6.08. The van der Waals surface area contributed by atoms with Gasteiger partial charge in [0.1, 0.15) is 11.5 Å². The highest BCUT2D eigenvalue weighted by atomic mass is 19.4. The first-order valence-electron chi connectivity index (χ1n) is 8.39. The van der Waals surface area contributed by atoms with Crippen molar-refractivity contribution in [3.8, 4) is 28.4 Å². The second-order valence-corrected chi connectivity index (χ2v) is 6.34. The molecule has 28 heavy (non-hydrogen) atoms. The molecule has 0 unspecified atom stereocenters. The van der Waals surface area contributed by atoms with E-state index in [0.717, 1.165) is 28.8 Å². The van der Waals surface area contributed by atoms with E-state index in [2.05, 4.69) is 10.1 Å². The number of hydrogen-bond acceptors (Lipinski definition) is 3. The molecular formula is C21H14F3NO3. The molecule has 1 amide bonds. The summed E-state index contributed by atoms with van der Waals surface area (Å²) in [5, 5.41) is 2.58. The van der Waals surface area contributed by atoms with Crippen LogP contribution in [0.25, 0.3) is 11.1 Å². The third-order valence-corrected chi connectivity index (χ3v) is 4.23. The van der Waals surface area contributed by atoms with Crippen molar-refractivity contribution in [1.82, 2.24) is 0 Å². The molecular weight excluding hydrogens is 371 g/mol. The predicted octanol–water partition coefficient (Wildman–Crippen LogP) is 5.92. The molecule has 1 aliphatic heterocycles. The Bertz CT molecular complexity index is 1080. The van der Waals surface area contributed by atoms with E-state index < -0.39 is 18.0 Å². The highest BCUT2D eigenvalue weighted by Crippen LogP contribution is 2.39. The molecule has 7 heteroatoms. The topological polar surface area (TPSA) is 47.6 Å². The molecule has 0 saturated heterocycles. The van der Waals surface area contributed by atoms with Crippen LogP contribution in [0, 0.1) is 6.92 Å². The summed E-state index contributed by atoms with van der Waals surface area (Å²) >= 11 is 0. The molecule has 1 heterocycles. The number of hydrogen-bond donors (Lipinski definition) is 1. The molecule has 0 radical (unpaired) electrons. The van der Waals surface area contributed by atoms with E-state index in [9.17, 15) is 18.0 Å². The number of ether oxygens (including phenoxy) is 2. The third kappa shape index (κ3) is 3.64. The monoisotopic (exact) mass is 385 g/mol. The van der Waals surface area contributed by atoms with Gasteiger partial charge in [-0.15, -0.1) is 13.2 Å². The lowest BCUT2D eigenvalue weighted by Gasteiger charge is -2.12. The second kappa shape index (κ2) is 6.60. The van der Waals surface area contributed by atoms with Crippen molar-refractivity contribution in [1.29, 1.82) is 0 Å². The molecule has 3 aromatic rings. The number of benzene rings is 3. The van der Waals surface area contributed by atoms with Gasteiger partial charge in [0.2, 0.25) is 0 Å². The highest BCUT2D eigenvalue weighted by Gasteiger charge is 2.32.